The number of carbonyl (C=O) groups excluding carboxylic acids is 2. The van der Waals surface area contributed by atoms with E-state index in [1.54, 1.807) is 6.07 Å². The monoisotopic (exact) mass is 607 g/mol. The van der Waals surface area contributed by atoms with Crippen LogP contribution in [0.5, 0.6) is 0 Å². The molecular formula is C30H33F4N3O4S. The molecule has 6 rings (SSSR count). The van der Waals surface area contributed by atoms with Gasteiger partial charge in [-0.25, -0.2) is 12.8 Å². The van der Waals surface area contributed by atoms with Crippen molar-refractivity contribution in [3.05, 3.63) is 58.9 Å². The number of hydrogen-bond acceptors (Lipinski definition) is 5. The zero-order valence-electron chi connectivity index (χ0n) is 23.0. The van der Waals surface area contributed by atoms with Crippen LogP contribution in [0.2, 0.25) is 0 Å². The van der Waals surface area contributed by atoms with Gasteiger partial charge in [-0.1, -0.05) is 6.07 Å². The van der Waals surface area contributed by atoms with Crippen molar-refractivity contribution in [3.8, 4) is 0 Å². The molecule has 2 unspecified atom stereocenters. The van der Waals surface area contributed by atoms with Gasteiger partial charge in [-0.2, -0.15) is 13.2 Å². The summed E-state index contributed by atoms with van der Waals surface area (Å²) in [6.45, 7) is 0. The van der Waals surface area contributed by atoms with Gasteiger partial charge >= 0.3 is 6.18 Å². The standard InChI is InChI=1S/C30H33F4N3O4S/c1-42(40,41)18-8-10-25(35-17-3-2-4-17)23(12-18)28(38)36-26(14-22-20-13-21(20)22)29(39)37-27(15-5-6-15)19-9-7-16(11-24(19)31)30(32,33)34/h7-12,15,17,20-22,26-27,35H,2-6,13-14H2,1H3,(H,36,38)(H,37,39)/t20-,21?,22?,26-,27-/m1/s1. The minimum atomic E-state index is -4.70. The van der Waals surface area contributed by atoms with Gasteiger partial charge in [0, 0.05) is 23.5 Å². The van der Waals surface area contributed by atoms with Crippen molar-refractivity contribution in [2.45, 2.75) is 74.1 Å². The van der Waals surface area contributed by atoms with Crippen LogP contribution in [-0.2, 0) is 20.8 Å². The Morgan fingerprint density at radius 2 is 1.71 bits per heavy atom. The molecule has 0 aliphatic heterocycles. The summed E-state index contributed by atoms with van der Waals surface area (Å²) in [5, 5.41) is 8.93. The molecule has 12 heteroatoms. The van der Waals surface area contributed by atoms with Crippen LogP contribution >= 0.6 is 0 Å². The van der Waals surface area contributed by atoms with Gasteiger partial charge in [0.15, 0.2) is 9.84 Å². The highest BCUT2D eigenvalue weighted by Crippen LogP contribution is 2.69. The van der Waals surface area contributed by atoms with Gasteiger partial charge in [0.05, 0.1) is 22.1 Å². The maximum absolute atomic E-state index is 14.9. The molecule has 42 heavy (non-hydrogen) atoms. The van der Waals surface area contributed by atoms with Crippen LogP contribution in [0.1, 0.15) is 72.5 Å². The van der Waals surface area contributed by atoms with Crippen LogP contribution in [0.25, 0.3) is 0 Å². The summed E-state index contributed by atoms with van der Waals surface area (Å²) in [6, 6.07) is 4.97. The predicted molar refractivity (Wildman–Crippen MR) is 147 cm³/mol. The van der Waals surface area contributed by atoms with E-state index in [1.165, 1.54) is 12.1 Å². The van der Waals surface area contributed by atoms with E-state index in [9.17, 15) is 35.6 Å². The third kappa shape index (κ3) is 6.14. The molecule has 7 nitrogen and oxygen atoms in total. The topological polar surface area (TPSA) is 104 Å². The van der Waals surface area contributed by atoms with Crippen molar-refractivity contribution >= 4 is 27.3 Å². The lowest BCUT2D eigenvalue weighted by Gasteiger charge is -2.29. The van der Waals surface area contributed by atoms with Gasteiger partial charge in [0.1, 0.15) is 11.9 Å². The summed E-state index contributed by atoms with van der Waals surface area (Å²) in [5.74, 6) is -1.01. The van der Waals surface area contributed by atoms with Gasteiger partial charge in [0.25, 0.3) is 5.91 Å². The fourth-order valence-electron chi connectivity index (χ4n) is 5.93. The SMILES string of the molecule is CS(=O)(=O)c1ccc(NC2CCC2)c(C(=O)N[C@H](CC2C3C[C@H]32)C(=O)N[C@@H](c2ccc(C(F)(F)F)cc2F)C2CC2)c1. The van der Waals surface area contributed by atoms with Gasteiger partial charge < -0.3 is 16.0 Å². The second-order valence-corrected chi connectivity index (χ2v) is 14.3. The minimum absolute atomic E-state index is 0.0222. The van der Waals surface area contributed by atoms with Gasteiger partial charge in [-0.15, -0.1) is 0 Å². The van der Waals surface area contributed by atoms with Crippen LogP contribution < -0.4 is 16.0 Å². The number of amides is 2. The van der Waals surface area contributed by atoms with Crippen LogP contribution in [0.3, 0.4) is 0 Å². The van der Waals surface area contributed by atoms with Crippen molar-refractivity contribution in [2.24, 2.45) is 23.7 Å². The Bertz CT molecular complexity index is 1510. The summed E-state index contributed by atoms with van der Waals surface area (Å²) in [6.07, 6.45) is 2.08. The molecule has 4 fully saturated rings. The molecule has 226 valence electrons. The number of anilines is 1. The van der Waals surface area contributed by atoms with E-state index in [1.807, 2.05) is 0 Å². The normalized spacial score (nSPS) is 24.5. The van der Waals surface area contributed by atoms with E-state index in [4.69, 9.17) is 0 Å². The maximum atomic E-state index is 14.9. The second kappa shape index (κ2) is 10.5. The smallest absolute Gasteiger partial charge is 0.382 e. The average molecular weight is 608 g/mol. The van der Waals surface area contributed by atoms with Crippen molar-refractivity contribution in [1.82, 2.24) is 10.6 Å². The average Bonchev–Trinajstić information content (AvgIpc) is 3.76. The largest absolute Gasteiger partial charge is 0.416 e. The van der Waals surface area contributed by atoms with E-state index in [2.05, 4.69) is 16.0 Å². The summed E-state index contributed by atoms with van der Waals surface area (Å²) in [4.78, 5) is 27.3. The molecular weight excluding hydrogens is 574 g/mol. The Hall–Kier alpha value is -3.15. The molecule has 0 aromatic heterocycles. The highest BCUT2D eigenvalue weighted by molar-refractivity contribution is 7.90. The highest BCUT2D eigenvalue weighted by Gasteiger charge is 2.64. The highest BCUT2D eigenvalue weighted by atomic mass is 32.2. The van der Waals surface area contributed by atoms with Crippen LogP contribution in [0, 0.1) is 29.5 Å². The number of benzene rings is 2. The zero-order chi connectivity index (χ0) is 30.0. The number of halogens is 4. The first kappa shape index (κ1) is 28.9. The van der Waals surface area contributed by atoms with E-state index in [0.717, 1.165) is 44.1 Å². The van der Waals surface area contributed by atoms with E-state index < -0.39 is 51.3 Å². The molecule has 0 spiro atoms. The first-order chi connectivity index (χ1) is 19.8. The lowest BCUT2D eigenvalue weighted by Crippen LogP contribution is -2.48. The van der Waals surface area contributed by atoms with Crippen LogP contribution in [0.4, 0.5) is 23.2 Å². The first-order valence-electron chi connectivity index (χ1n) is 14.4. The number of carbonyl (C=O) groups is 2. The van der Waals surface area contributed by atoms with Crippen molar-refractivity contribution in [3.63, 3.8) is 0 Å². The number of hydrogen-bond donors (Lipinski definition) is 3. The van der Waals surface area contributed by atoms with Gasteiger partial charge in [-0.05, 0) is 98.9 Å². The van der Waals surface area contributed by atoms with Crippen LogP contribution in [-0.4, -0.2) is 38.6 Å². The molecule has 4 aliphatic rings. The number of rotatable bonds is 11. The van der Waals surface area contributed by atoms with Crippen molar-refractivity contribution in [2.75, 3.05) is 11.6 Å². The number of sulfone groups is 1. The molecule has 0 radical (unpaired) electrons. The van der Waals surface area contributed by atoms with E-state index in [-0.39, 0.29) is 33.9 Å². The molecule has 0 heterocycles. The molecule has 2 aromatic carbocycles. The van der Waals surface area contributed by atoms with Crippen LogP contribution in [0.15, 0.2) is 41.3 Å². The van der Waals surface area contributed by atoms with E-state index in [0.29, 0.717) is 42.9 Å². The number of fused-ring (bicyclic) bond motifs is 1. The summed E-state index contributed by atoms with van der Waals surface area (Å²) in [5.41, 5.74) is -0.548. The Kier molecular flexibility index (Phi) is 7.26. The van der Waals surface area contributed by atoms with Crippen molar-refractivity contribution < 1.29 is 35.6 Å². The molecule has 4 saturated carbocycles. The Morgan fingerprint density at radius 1 is 1.00 bits per heavy atom. The number of nitrogens with one attached hydrogen (secondary N) is 3. The Morgan fingerprint density at radius 3 is 2.24 bits per heavy atom. The first-order valence-corrected chi connectivity index (χ1v) is 16.3. The van der Waals surface area contributed by atoms with E-state index >= 15 is 0 Å². The third-order valence-corrected chi connectivity index (χ3v) is 10.3. The summed E-state index contributed by atoms with van der Waals surface area (Å²) >= 11 is 0. The fourth-order valence-corrected chi connectivity index (χ4v) is 6.58. The molecule has 0 saturated heterocycles. The van der Waals surface area contributed by atoms with Gasteiger partial charge in [0.2, 0.25) is 5.91 Å². The minimum Gasteiger partial charge on any atom is -0.382 e. The van der Waals surface area contributed by atoms with Crippen molar-refractivity contribution in [1.29, 1.82) is 0 Å². The molecule has 4 aliphatic carbocycles. The second-order valence-electron chi connectivity index (χ2n) is 12.3. The molecule has 0 bridgehead atoms. The fraction of sp³-hybridized carbons (Fsp3) is 0.533. The Labute approximate surface area is 241 Å². The molecule has 5 atom stereocenters. The maximum Gasteiger partial charge on any atom is 0.416 e. The lowest BCUT2D eigenvalue weighted by molar-refractivity contribution is -0.137. The Balaban J connectivity index is 1.24. The predicted octanol–water partition coefficient (Wildman–Crippen LogP) is 5.23. The zero-order valence-corrected chi connectivity index (χ0v) is 23.8. The lowest BCUT2D eigenvalue weighted by atomic mass is 9.92. The summed E-state index contributed by atoms with van der Waals surface area (Å²) < 4.78 is 78.8. The van der Waals surface area contributed by atoms with Gasteiger partial charge in [-0.3, -0.25) is 9.59 Å². The number of alkyl halides is 3. The molecule has 2 amide bonds. The third-order valence-electron chi connectivity index (χ3n) is 9.16. The summed E-state index contributed by atoms with van der Waals surface area (Å²) in [7, 11) is -3.61. The molecule has 2 aromatic rings. The molecule has 3 N–H and O–H groups in total. The quantitative estimate of drug-likeness (QED) is 0.304.